The normalized spacial score (nSPS) is 21.0. The Morgan fingerprint density at radius 1 is 1.20 bits per heavy atom. The molecule has 1 atom stereocenters. The molecule has 1 saturated heterocycles. The van der Waals surface area contributed by atoms with Gasteiger partial charge in [-0.05, 0) is 42.5 Å². The summed E-state index contributed by atoms with van der Waals surface area (Å²) in [5.41, 5.74) is 7.88. The van der Waals surface area contributed by atoms with Crippen LogP contribution in [0.2, 0.25) is 0 Å². The zero-order valence-corrected chi connectivity index (χ0v) is 17.5. The summed E-state index contributed by atoms with van der Waals surface area (Å²) in [6, 6.07) is 7.21. The van der Waals surface area contributed by atoms with E-state index in [1.54, 1.807) is 0 Å². The topological polar surface area (TPSA) is 60.1 Å². The second kappa shape index (κ2) is 7.25. The Bertz CT molecular complexity index is 1080. The van der Waals surface area contributed by atoms with Crippen molar-refractivity contribution in [2.24, 2.45) is 7.05 Å². The zero-order chi connectivity index (χ0) is 20.1. The van der Waals surface area contributed by atoms with Gasteiger partial charge in [0, 0.05) is 68.4 Å². The third kappa shape index (κ3) is 2.96. The number of ether oxygens (including phenoxy) is 1. The lowest BCUT2D eigenvalue weighted by Crippen LogP contribution is -2.28. The van der Waals surface area contributed by atoms with Crippen LogP contribution in [0.1, 0.15) is 35.7 Å². The predicted octanol–water partition coefficient (Wildman–Crippen LogP) is 2.98. The Hall–Kier alpha value is -2.64. The lowest BCUT2D eigenvalue weighted by atomic mass is 9.96. The van der Waals surface area contributed by atoms with E-state index in [4.69, 9.17) is 9.84 Å². The fraction of sp³-hybridized carbons (Fsp3) is 0.478. The second-order valence-corrected chi connectivity index (χ2v) is 8.64. The molecule has 3 aliphatic rings. The maximum absolute atomic E-state index is 5.67. The molecule has 6 rings (SSSR count). The van der Waals surface area contributed by atoms with E-state index in [9.17, 15) is 0 Å². The number of benzene rings is 1. The largest absolute Gasteiger partial charge is 0.379 e. The lowest BCUT2D eigenvalue weighted by Gasteiger charge is -2.31. The fourth-order valence-electron chi connectivity index (χ4n) is 5.16. The number of nitrogens with zero attached hydrogens (tertiary/aromatic N) is 5. The number of nitrogens with one attached hydrogen (secondary N) is 1. The molecule has 7 nitrogen and oxygen atoms in total. The van der Waals surface area contributed by atoms with Gasteiger partial charge in [0.15, 0.2) is 5.82 Å². The van der Waals surface area contributed by atoms with Gasteiger partial charge in [0.2, 0.25) is 0 Å². The average Bonchev–Trinajstić information content (AvgIpc) is 3.52. The molecular formula is C23H28N6O. The van der Waals surface area contributed by atoms with E-state index in [0.29, 0.717) is 6.04 Å². The Labute approximate surface area is 176 Å². The highest BCUT2D eigenvalue weighted by atomic mass is 16.5. The van der Waals surface area contributed by atoms with Crippen LogP contribution in [-0.4, -0.2) is 45.9 Å². The van der Waals surface area contributed by atoms with Crippen LogP contribution in [0, 0.1) is 0 Å². The van der Waals surface area contributed by atoms with E-state index in [0.717, 1.165) is 64.3 Å². The second-order valence-electron chi connectivity index (χ2n) is 8.64. The van der Waals surface area contributed by atoms with Crippen LogP contribution in [0.15, 0.2) is 30.6 Å². The molecular weight excluding hydrogens is 376 g/mol. The highest BCUT2D eigenvalue weighted by molar-refractivity contribution is 5.73. The van der Waals surface area contributed by atoms with Gasteiger partial charge in [0.25, 0.3) is 0 Å². The van der Waals surface area contributed by atoms with Crippen molar-refractivity contribution in [3.63, 3.8) is 0 Å². The van der Waals surface area contributed by atoms with Gasteiger partial charge < -0.3 is 15.0 Å². The highest BCUT2D eigenvalue weighted by Gasteiger charge is 2.31. The minimum atomic E-state index is 0.378. The molecule has 30 heavy (non-hydrogen) atoms. The van der Waals surface area contributed by atoms with Crippen LogP contribution >= 0.6 is 0 Å². The fourth-order valence-corrected chi connectivity index (χ4v) is 5.16. The highest BCUT2D eigenvalue weighted by Crippen LogP contribution is 2.39. The number of aryl methyl sites for hydroxylation is 2. The molecule has 1 fully saturated rings. The van der Waals surface area contributed by atoms with Gasteiger partial charge in [-0.25, -0.2) is 0 Å². The summed E-state index contributed by atoms with van der Waals surface area (Å²) in [5, 5.41) is 13.1. The van der Waals surface area contributed by atoms with Crippen LogP contribution < -0.4 is 10.2 Å². The van der Waals surface area contributed by atoms with E-state index in [1.165, 1.54) is 33.6 Å². The van der Waals surface area contributed by atoms with Crippen molar-refractivity contribution in [1.29, 1.82) is 0 Å². The number of hydrogen-bond acceptors (Lipinski definition) is 5. The summed E-state index contributed by atoms with van der Waals surface area (Å²) in [6.07, 6.45) is 8.37. The van der Waals surface area contributed by atoms with Gasteiger partial charge in [-0.2, -0.15) is 10.2 Å². The van der Waals surface area contributed by atoms with Gasteiger partial charge in [0.05, 0.1) is 18.8 Å². The van der Waals surface area contributed by atoms with Crippen LogP contribution in [-0.2, 0) is 31.2 Å². The summed E-state index contributed by atoms with van der Waals surface area (Å²) in [6.45, 7) is 4.57. The van der Waals surface area contributed by atoms with E-state index in [1.807, 2.05) is 17.9 Å². The molecule has 3 aliphatic heterocycles. The first-order valence-electron chi connectivity index (χ1n) is 11.1. The molecule has 0 radical (unpaired) electrons. The summed E-state index contributed by atoms with van der Waals surface area (Å²) < 4.78 is 9.82. The van der Waals surface area contributed by atoms with E-state index >= 15 is 0 Å². The summed E-state index contributed by atoms with van der Waals surface area (Å²) in [4.78, 5) is 2.45. The van der Waals surface area contributed by atoms with Crippen LogP contribution in [0.4, 0.5) is 11.5 Å². The van der Waals surface area contributed by atoms with E-state index in [2.05, 4.69) is 44.4 Å². The van der Waals surface area contributed by atoms with Crippen molar-refractivity contribution in [3.05, 3.63) is 47.4 Å². The maximum Gasteiger partial charge on any atom is 0.159 e. The number of hydrogen-bond donors (Lipinski definition) is 1. The molecule has 0 aliphatic carbocycles. The van der Waals surface area contributed by atoms with E-state index in [-0.39, 0.29) is 0 Å². The van der Waals surface area contributed by atoms with Crippen molar-refractivity contribution in [2.45, 2.75) is 38.3 Å². The van der Waals surface area contributed by atoms with Crippen molar-refractivity contribution >= 4 is 11.5 Å². The number of rotatable bonds is 3. The average molecular weight is 405 g/mol. The zero-order valence-electron chi connectivity index (χ0n) is 17.5. The number of aromatic nitrogens is 4. The van der Waals surface area contributed by atoms with Crippen molar-refractivity contribution in [1.82, 2.24) is 24.9 Å². The summed E-state index contributed by atoms with van der Waals surface area (Å²) in [7, 11) is 1.96. The number of fused-ring (bicyclic) bond motifs is 2. The predicted molar refractivity (Wildman–Crippen MR) is 116 cm³/mol. The molecule has 7 heteroatoms. The monoisotopic (exact) mass is 404 g/mol. The SMILES string of the molecule is Cn1cc(-c2ccc3c(c2)CCCN3c2nn(C3CCOC3)c3c2CNCC3)cn1. The molecule has 3 aromatic rings. The lowest BCUT2D eigenvalue weighted by molar-refractivity contribution is 0.184. The Morgan fingerprint density at radius 2 is 2.17 bits per heavy atom. The van der Waals surface area contributed by atoms with Gasteiger partial charge in [-0.15, -0.1) is 0 Å². The first-order valence-corrected chi connectivity index (χ1v) is 11.1. The Morgan fingerprint density at radius 3 is 3.00 bits per heavy atom. The molecule has 1 N–H and O–H groups in total. The molecule has 0 saturated carbocycles. The Kier molecular flexibility index (Phi) is 4.39. The first kappa shape index (κ1) is 18.2. The molecule has 156 valence electrons. The maximum atomic E-state index is 5.67. The molecule has 1 unspecified atom stereocenters. The minimum absolute atomic E-state index is 0.378. The van der Waals surface area contributed by atoms with Gasteiger partial charge >= 0.3 is 0 Å². The summed E-state index contributed by atoms with van der Waals surface area (Å²) in [5.74, 6) is 1.14. The first-order chi connectivity index (χ1) is 14.8. The third-order valence-electron chi connectivity index (χ3n) is 6.68. The third-order valence-corrected chi connectivity index (χ3v) is 6.68. The van der Waals surface area contributed by atoms with Gasteiger partial charge in [-0.1, -0.05) is 6.07 Å². The smallest absolute Gasteiger partial charge is 0.159 e. The van der Waals surface area contributed by atoms with Crippen LogP contribution in [0.5, 0.6) is 0 Å². The standard InChI is InChI=1S/C23H28N6O/c1-27-14-18(12-25-27)16-4-5-21-17(11-16)3-2-9-28(21)23-20-13-24-8-6-22(20)29(26-23)19-7-10-30-15-19/h4-5,11-12,14,19,24H,2-3,6-10,13,15H2,1H3. The summed E-state index contributed by atoms with van der Waals surface area (Å²) >= 11 is 0. The Balaban J connectivity index is 1.41. The molecule has 0 spiro atoms. The minimum Gasteiger partial charge on any atom is -0.379 e. The molecule has 0 bridgehead atoms. The number of anilines is 2. The molecule has 2 aromatic heterocycles. The van der Waals surface area contributed by atoms with Crippen LogP contribution in [0.25, 0.3) is 11.1 Å². The van der Waals surface area contributed by atoms with E-state index < -0.39 is 0 Å². The molecule has 0 amide bonds. The van der Waals surface area contributed by atoms with Crippen LogP contribution in [0.3, 0.4) is 0 Å². The molecule has 1 aromatic carbocycles. The van der Waals surface area contributed by atoms with Crippen molar-refractivity contribution < 1.29 is 4.74 Å². The van der Waals surface area contributed by atoms with Gasteiger partial charge in [-0.3, -0.25) is 9.36 Å². The molecule has 5 heterocycles. The quantitative estimate of drug-likeness (QED) is 0.727. The van der Waals surface area contributed by atoms with Crippen molar-refractivity contribution in [2.75, 3.05) is 31.2 Å². The van der Waals surface area contributed by atoms with Crippen molar-refractivity contribution in [3.8, 4) is 11.1 Å². The van der Waals surface area contributed by atoms with Gasteiger partial charge in [0.1, 0.15) is 0 Å².